The van der Waals surface area contributed by atoms with Crippen LogP contribution in [0.1, 0.15) is 27.0 Å². The Hall–Kier alpha value is -3.94. The van der Waals surface area contributed by atoms with Gasteiger partial charge in [0.15, 0.2) is 0 Å². The molecule has 5 nitrogen and oxygen atoms in total. The summed E-state index contributed by atoms with van der Waals surface area (Å²) in [5.74, 6) is 0.291. The Bertz CT molecular complexity index is 1280. The smallest absolute Gasteiger partial charge is 0.416 e. The van der Waals surface area contributed by atoms with Gasteiger partial charge < -0.3 is 9.32 Å². The largest absolute Gasteiger partial charge is 0.416 e. The van der Waals surface area contributed by atoms with Crippen molar-refractivity contribution in [1.82, 2.24) is 15.1 Å². The predicted molar refractivity (Wildman–Crippen MR) is 117 cm³/mol. The minimum absolute atomic E-state index is 0.0343. The zero-order valence-electron chi connectivity index (χ0n) is 17.9. The number of nitrogens with zero attached hydrogens (tertiary/aromatic N) is 3. The van der Waals surface area contributed by atoms with E-state index in [-0.39, 0.29) is 12.1 Å². The molecule has 8 heteroatoms. The second-order valence-electron chi connectivity index (χ2n) is 7.68. The van der Waals surface area contributed by atoms with E-state index in [9.17, 15) is 18.0 Å². The summed E-state index contributed by atoms with van der Waals surface area (Å²) in [4.78, 5) is 14.0. The van der Waals surface area contributed by atoms with E-state index in [1.54, 1.807) is 24.3 Å². The molecule has 0 unspecified atom stereocenters. The molecule has 1 amide bonds. The number of halogens is 3. The first kappa shape index (κ1) is 22.3. The van der Waals surface area contributed by atoms with E-state index in [4.69, 9.17) is 4.42 Å². The molecule has 0 N–H and O–H groups in total. The van der Waals surface area contributed by atoms with Crippen LogP contribution in [0.15, 0.2) is 77.2 Å². The Balaban J connectivity index is 1.49. The Morgan fingerprint density at radius 2 is 1.58 bits per heavy atom. The van der Waals surface area contributed by atoms with Gasteiger partial charge in [-0.15, -0.1) is 10.2 Å². The third-order valence-corrected chi connectivity index (χ3v) is 5.15. The fraction of sp³-hybridized carbons (Fsp3) is 0.160. The van der Waals surface area contributed by atoms with Crippen LogP contribution in [0.3, 0.4) is 0 Å². The average Bonchev–Trinajstić information content (AvgIpc) is 3.29. The van der Waals surface area contributed by atoms with Gasteiger partial charge in [-0.25, -0.2) is 0 Å². The highest BCUT2D eigenvalue weighted by Crippen LogP contribution is 2.32. The maximum Gasteiger partial charge on any atom is 0.416 e. The summed E-state index contributed by atoms with van der Waals surface area (Å²) in [6.07, 6.45) is -4.48. The summed E-state index contributed by atoms with van der Waals surface area (Å²) in [6.45, 7) is 1.80. The van der Waals surface area contributed by atoms with E-state index >= 15 is 0 Å². The summed E-state index contributed by atoms with van der Waals surface area (Å²) in [5, 5.41) is 8.15. The molecule has 0 radical (unpaired) electrons. The van der Waals surface area contributed by atoms with E-state index in [0.717, 1.165) is 17.2 Å². The van der Waals surface area contributed by atoms with E-state index < -0.39 is 17.6 Å². The van der Waals surface area contributed by atoms with E-state index in [0.29, 0.717) is 22.9 Å². The molecule has 1 heterocycles. The summed E-state index contributed by atoms with van der Waals surface area (Å²) in [7, 11) is 1.47. The molecule has 0 saturated carbocycles. The minimum Gasteiger partial charge on any atom is -0.416 e. The Morgan fingerprint density at radius 1 is 0.909 bits per heavy atom. The molecule has 0 aliphatic rings. The van der Waals surface area contributed by atoms with Crippen LogP contribution >= 0.6 is 0 Å². The maximum absolute atomic E-state index is 13.2. The van der Waals surface area contributed by atoms with E-state index in [1.165, 1.54) is 30.1 Å². The number of rotatable bonds is 5. The molecule has 0 fully saturated rings. The molecular weight excluding hydrogens is 431 g/mol. The number of hydrogen-bond acceptors (Lipinski definition) is 4. The average molecular weight is 451 g/mol. The van der Waals surface area contributed by atoms with Gasteiger partial charge in [0.2, 0.25) is 11.8 Å². The fourth-order valence-corrected chi connectivity index (χ4v) is 3.47. The van der Waals surface area contributed by atoms with Crippen LogP contribution in [0.4, 0.5) is 13.2 Å². The number of hydrogen-bond donors (Lipinski definition) is 0. The molecule has 33 heavy (non-hydrogen) atoms. The fourth-order valence-electron chi connectivity index (χ4n) is 3.47. The van der Waals surface area contributed by atoms with Gasteiger partial charge in [-0.1, -0.05) is 35.9 Å². The van der Waals surface area contributed by atoms with Gasteiger partial charge in [-0.2, -0.15) is 13.2 Å². The molecule has 0 aliphatic carbocycles. The molecule has 3 aromatic carbocycles. The van der Waals surface area contributed by atoms with Crippen molar-refractivity contribution in [1.29, 1.82) is 0 Å². The van der Waals surface area contributed by atoms with Crippen LogP contribution in [0, 0.1) is 6.92 Å². The normalized spacial score (nSPS) is 11.4. The third kappa shape index (κ3) is 4.95. The van der Waals surface area contributed by atoms with Crippen LogP contribution in [0.25, 0.3) is 22.9 Å². The van der Waals surface area contributed by atoms with Crippen LogP contribution < -0.4 is 0 Å². The van der Waals surface area contributed by atoms with Crippen LogP contribution in [0.5, 0.6) is 0 Å². The van der Waals surface area contributed by atoms with Gasteiger partial charge in [0.05, 0.1) is 5.56 Å². The van der Waals surface area contributed by atoms with Gasteiger partial charge in [0, 0.05) is 30.3 Å². The number of amides is 1. The number of aromatic nitrogens is 2. The van der Waals surface area contributed by atoms with Crippen molar-refractivity contribution in [3.63, 3.8) is 0 Å². The lowest BCUT2D eigenvalue weighted by Gasteiger charge is -2.20. The number of alkyl halides is 3. The third-order valence-electron chi connectivity index (χ3n) is 5.15. The van der Waals surface area contributed by atoms with Crippen LogP contribution in [-0.4, -0.2) is 28.1 Å². The summed E-state index contributed by atoms with van der Waals surface area (Å²) in [6, 6.07) is 19.4. The number of carbonyl (C=O) groups excluding carboxylic acids is 1. The summed E-state index contributed by atoms with van der Waals surface area (Å²) in [5.41, 5.74) is 2.12. The van der Waals surface area contributed by atoms with Gasteiger partial charge in [0.25, 0.3) is 5.91 Å². The molecular formula is C25H20F3N3O2. The topological polar surface area (TPSA) is 59.2 Å². The highest BCUT2D eigenvalue weighted by Gasteiger charge is 2.33. The zero-order chi connectivity index (χ0) is 23.6. The van der Waals surface area contributed by atoms with Crippen molar-refractivity contribution in [3.05, 3.63) is 95.1 Å². The summed E-state index contributed by atoms with van der Waals surface area (Å²) >= 11 is 0. The highest BCUT2D eigenvalue weighted by molar-refractivity contribution is 5.94. The molecule has 0 aliphatic heterocycles. The number of benzene rings is 3. The zero-order valence-corrected chi connectivity index (χ0v) is 17.9. The quantitative estimate of drug-likeness (QED) is 0.373. The van der Waals surface area contributed by atoms with Crippen molar-refractivity contribution in [3.8, 4) is 22.9 Å². The molecule has 0 bridgehead atoms. The molecule has 0 spiro atoms. The molecule has 4 aromatic rings. The number of carbonyl (C=O) groups is 1. The van der Waals surface area contributed by atoms with Crippen molar-refractivity contribution < 1.29 is 22.4 Å². The lowest BCUT2D eigenvalue weighted by Crippen LogP contribution is -2.27. The summed E-state index contributed by atoms with van der Waals surface area (Å²) < 4.78 is 45.5. The van der Waals surface area contributed by atoms with Gasteiger partial charge in [-0.3, -0.25) is 4.79 Å². The second kappa shape index (κ2) is 8.90. The SMILES string of the molecule is Cc1cccc(-c2nnc(-c3ccc(C(=O)N(C)Cc4ccccc4C(F)(F)F)cc3)o2)c1. The second-order valence-corrected chi connectivity index (χ2v) is 7.68. The minimum atomic E-state index is -4.48. The monoisotopic (exact) mass is 451 g/mol. The Labute approximate surface area is 188 Å². The lowest BCUT2D eigenvalue weighted by molar-refractivity contribution is -0.138. The Kier molecular flexibility index (Phi) is 6.00. The van der Waals surface area contributed by atoms with E-state index in [2.05, 4.69) is 10.2 Å². The Morgan fingerprint density at radius 3 is 2.24 bits per heavy atom. The van der Waals surface area contributed by atoms with Gasteiger partial charge in [-0.05, 0) is 55.0 Å². The molecule has 0 saturated heterocycles. The van der Waals surface area contributed by atoms with Crippen molar-refractivity contribution in [2.45, 2.75) is 19.6 Å². The van der Waals surface area contributed by atoms with Gasteiger partial charge in [0.1, 0.15) is 0 Å². The van der Waals surface area contributed by atoms with Crippen molar-refractivity contribution in [2.75, 3.05) is 7.05 Å². The number of aryl methyl sites for hydroxylation is 1. The molecule has 0 atom stereocenters. The highest BCUT2D eigenvalue weighted by atomic mass is 19.4. The van der Waals surface area contributed by atoms with Crippen molar-refractivity contribution >= 4 is 5.91 Å². The lowest BCUT2D eigenvalue weighted by atomic mass is 10.1. The van der Waals surface area contributed by atoms with Crippen LogP contribution in [0.2, 0.25) is 0 Å². The van der Waals surface area contributed by atoms with E-state index in [1.807, 2.05) is 31.2 Å². The van der Waals surface area contributed by atoms with Gasteiger partial charge >= 0.3 is 6.18 Å². The first-order valence-corrected chi connectivity index (χ1v) is 10.1. The molecule has 168 valence electrons. The molecule has 1 aromatic heterocycles. The maximum atomic E-state index is 13.2. The van der Waals surface area contributed by atoms with Crippen LogP contribution in [-0.2, 0) is 12.7 Å². The first-order chi connectivity index (χ1) is 15.7. The van der Waals surface area contributed by atoms with Crippen molar-refractivity contribution in [2.24, 2.45) is 0 Å². The molecule has 4 rings (SSSR count). The predicted octanol–water partition coefficient (Wildman–Crippen LogP) is 6.00. The first-order valence-electron chi connectivity index (χ1n) is 10.1. The standard InChI is InChI=1S/C25H20F3N3O2/c1-16-6-5-8-19(14-16)23-30-29-22(33-23)17-10-12-18(13-11-17)24(32)31(2)15-20-7-3-4-9-21(20)25(26,27)28/h3-14H,15H2,1-2H3.